The fourth-order valence-electron chi connectivity index (χ4n) is 2.73. The molecule has 0 bridgehead atoms. The molecule has 0 aromatic heterocycles. The van der Waals surface area contributed by atoms with Gasteiger partial charge in [0.1, 0.15) is 5.78 Å². The molecular formula is C15H17F3O. The molecule has 0 spiro atoms. The maximum Gasteiger partial charge on any atom is 0.416 e. The van der Waals surface area contributed by atoms with E-state index in [1.54, 1.807) is 6.92 Å². The number of rotatable bonds is 1. The summed E-state index contributed by atoms with van der Waals surface area (Å²) in [6, 6.07) is 3.71. The van der Waals surface area contributed by atoms with E-state index in [1.807, 2.05) is 0 Å². The van der Waals surface area contributed by atoms with Gasteiger partial charge in [-0.25, -0.2) is 0 Å². The number of carbonyl (C=O) groups is 1. The van der Waals surface area contributed by atoms with Crippen molar-refractivity contribution in [2.45, 2.75) is 51.1 Å². The normalized spacial score (nSPS) is 21.3. The second kappa shape index (κ2) is 5.35. The molecule has 2 rings (SSSR count). The first-order valence-corrected chi connectivity index (χ1v) is 6.60. The smallest absolute Gasteiger partial charge is 0.299 e. The van der Waals surface area contributed by atoms with Crippen LogP contribution in [0.2, 0.25) is 0 Å². The first-order chi connectivity index (χ1) is 8.89. The molecule has 4 heteroatoms. The Balaban J connectivity index is 2.32. The van der Waals surface area contributed by atoms with Crippen LogP contribution in [0.3, 0.4) is 0 Å². The topological polar surface area (TPSA) is 17.1 Å². The maximum atomic E-state index is 12.6. The van der Waals surface area contributed by atoms with Gasteiger partial charge in [-0.05, 0) is 43.0 Å². The molecule has 0 radical (unpaired) electrons. The molecule has 1 atom stereocenters. The number of aryl methyl sites for hydroxylation is 1. The molecule has 1 nitrogen and oxygen atoms in total. The van der Waals surface area contributed by atoms with Crippen LogP contribution in [0.25, 0.3) is 0 Å². The van der Waals surface area contributed by atoms with E-state index in [0.717, 1.165) is 43.4 Å². The van der Waals surface area contributed by atoms with E-state index in [4.69, 9.17) is 0 Å². The van der Waals surface area contributed by atoms with Crippen molar-refractivity contribution in [1.82, 2.24) is 0 Å². The Hall–Kier alpha value is -1.32. The summed E-state index contributed by atoms with van der Waals surface area (Å²) in [5, 5.41) is 0. The lowest BCUT2D eigenvalue weighted by Gasteiger charge is -2.17. The summed E-state index contributed by atoms with van der Waals surface area (Å²) in [6.07, 6.45) is -0.124. The van der Waals surface area contributed by atoms with Crippen molar-refractivity contribution >= 4 is 5.78 Å². The van der Waals surface area contributed by atoms with E-state index in [0.29, 0.717) is 12.0 Å². The summed E-state index contributed by atoms with van der Waals surface area (Å²) in [7, 11) is 0. The zero-order chi connectivity index (χ0) is 14.0. The van der Waals surface area contributed by atoms with E-state index in [1.165, 1.54) is 6.07 Å². The minimum atomic E-state index is -4.32. The second-order valence-electron chi connectivity index (χ2n) is 5.19. The molecular weight excluding hydrogens is 253 g/mol. The molecule has 0 saturated heterocycles. The zero-order valence-corrected chi connectivity index (χ0v) is 10.9. The molecule has 1 unspecified atom stereocenters. The highest BCUT2D eigenvalue weighted by atomic mass is 19.4. The number of Topliss-reactive ketones (excluding diaryl/α,β-unsaturated/α-hetero) is 1. The van der Waals surface area contributed by atoms with Crippen LogP contribution in [-0.4, -0.2) is 5.78 Å². The Morgan fingerprint density at radius 2 is 1.89 bits per heavy atom. The average molecular weight is 270 g/mol. The molecule has 1 aromatic rings. The van der Waals surface area contributed by atoms with Crippen molar-refractivity contribution in [1.29, 1.82) is 0 Å². The molecule has 104 valence electrons. The van der Waals surface area contributed by atoms with Crippen molar-refractivity contribution < 1.29 is 18.0 Å². The van der Waals surface area contributed by atoms with E-state index in [-0.39, 0.29) is 11.7 Å². The highest BCUT2D eigenvalue weighted by Crippen LogP contribution is 2.35. The minimum absolute atomic E-state index is 0.167. The van der Waals surface area contributed by atoms with Crippen molar-refractivity contribution in [2.75, 3.05) is 0 Å². The van der Waals surface area contributed by atoms with Gasteiger partial charge in [0.25, 0.3) is 0 Å². The van der Waals surface area contributed by atoms with Crippen molar-refractivity contribution in [3.63, 3.8) is 0 Å². The van der Waals surface area contributed by atoms with Crippen LogP contribution in [-0.2, 0) is 11.0 Å². The Kier molecular flexibility index (Phi) is 3.97. The van der Waals surface area contributed by atoms with E-state index in [9.17, 15) is 18.0 Å². The predicted molar refractivity (Wildman–Crippen MR) is 67.0 cm³/mol. The number of halogens is 3. The third-order valence-corrected chi connectivity index (χ3v) is 3.78. The van der Waals surface area contributed by atoms with Gasteiger partial charge in [-0.1, -0.05) is 18.9 Å². The Labute approximate surface area is 110 Å². The molecule has 0 aliphatic heterocycles. The van der Waals surface area contributed by atoms with Crippen LogP contribution in [0, 0.1) is 6.92 Å². The fourth-order valence-corrected chi connectivity index (χ4v) is 2.73. The molecule has 1 aliphatic rings. The zero-order valence-electron chi connectivity index (χ0n) is 10.9. The summed E-state index contributed by atoms with van der Waals surface area (Å²) in [6.45, 7) is 1.66. The van der Waals surface area contributed by atoms with Crippen LogP contribution in [0.15, 0.2) is 18.2 Å². The number of hydrogen-bond donors (Lipinski definition) is 0. The van der Waals surface area contributed by atoms with Gasteiger partial charge in [0.2, 0.25) is 0 Å². The average Bonchev–Trinajstić information content (AvgIpc) is 2.53. The van der Waals surface area contributed by atoms with Gasteiger partial charge >= 0.3 is 6.18 Å². The monoisotopic (exact) mass is 270 g/mol. The lowest BCUT2D eigenvalue weighted by atomic mass is 9.87. The van der Waals surface area contributed by atoms with Crippen molar-refractivity contribution in [2.24, 2.45) is 0 Å². The Morgan fingerprint density at radius 3 is 2.53 bits per heavy atom. The molecule has 1 fully saturated rings. The number of alkyl halides is 3. The third-order valence-electron chi connectivity index (χ3n) is 3.78. The summed E-state index contributed by atoms with van der Waals surface area (Å²) >= 11 is 0. The van der Waals surface area contributed by atoms with Crippen LogP contribution in [0.1, 0.15) is 54.7 Å². The lowest BCUT2D eigenvalue weighted by Crippen LogP contribution is -2.13. The first kappa shape index (κ1) is 14.1. The summed E-state index contributed by atoms with van der Waals surface area (Å²) in [4.78, 5) is 12.0. The number of ketones is 1. The SMILES string of the molecule is Cc1cc(C(F)(F)F)ccc1C1CCCCCC1=O. The van der Waals surface area contributed by atoms with Crippen LogP contribution >= 0.6 is 0 Å². The quantitative estimate of drug-likeness (QED) is 0.680. The third kappa shape index (κ3) is 3.17. The van der Waals surface area contributed by atoms with Crippen LogP contribution in [0.4, 0.5) is 13.2 Å². The molecule has 0 amide bonds. The summed E-state index contributed by atoms with van der Waals surface area (Å²) in [5.74, 6) is -0.0508. The van der Waals surface area contributed by atoms with Gasteiger partial charge in [0, 0.05) is 12.3 Å². The molecule has 0 heterocycles. The van der Waals surface area contributed by atoms with Gasteiger partial charge in [0.15, 0.2) is 0 Å². The summed E-state index contributed by atoms with van der Waals surface area (Å²) in [5.41, 5.74) is 0.685. The van der Waals surface area contributed by atoms with Gasteiger partial charge in [-0.15, -0.1) is 0 Å². The van der Waals surface area contributed by atoms with Crippen molar-refractivity contribution in [3.8, 4) is 0 Å². The van der Waals surface area contributed by atoms with E-state index >= 15 is 0 Å². The highest BCUT2D eigenvalue weighted by molar-refractivity contribution is 5.86. The lowest BCUT2D eigenvalue weighted by molar-refractivity contribution is -0.137. The van der Waals surface area contributed by atoms with Crippen molar-refractivity contribution in [3.05, 3.63) is 34.9 Å². The molecule has 1 aliphatic carbocycles. The molecule has 1 aromatic carbocycles. The molecule has 1 saturated carbocycles. The molecule has 0 N–H and O–H groups in total. The van der Waals surface area contributed by atoms with Gasteiger partial charge < -0.3 is 0 Å². The van der Waals surface area contributed by atoms with E-state index in [2.05, 4.69) is 0 Å². The fraction of sp³-hybridized carbons (Fsp3) is 0.533. The number of carbonyl (C=O) groups excluding carboxylic acids is 1. The standard InChI is InChI=1S/C15H17F3O/c1-10-9-11(15(16,17)18)7-8-12(10)13-5-3-2-4-6-14(13)19/h7-9,13H,2-6H2,1H3. The minimum Gasteiger partial charge on any atom is -0.299 e. The number of benzene rings is 1. The first-order valence-electron chi connectivity index (χ1n) is 6.60. The van der Waals surface area contributed by atoms with E-state index < -0.39 is 11.7 Å². The van der Waals surface area contributed by atoms with Crippen LogP contribution < -0.4 is 0 Å². The maximum absolute atomic E-state index is 12.6. The highest BCUT2D eigenvalue weighted by Gasteiger charge is 2.32. The van der Waals surface area contributed by atoms with Gasteiger partial charge in [0.05, 0.1) is 5.56 Å². The van der Waals surface area contributed by atoms with Gasteiger partial charge in [-0.2, -0.15) is 13.2 Å². The predicted octanol–water partition coefficient (Wildman–Crippen LogP) is 4.63. The van der Waals surface area contributed by atoms with Gasteiger partial charge in [-0.3, -0.25) is 4.79 Å². The Bertz CT molecular complexity index is 477. The molecule has 19 heavy (non-hydrogen) atoms. The van der Waals surface area contributed by atoms with Crippen LogP contribution in [0.5, 0.6) is 0 Å². The second-order valence-corrected chi connectivity index (χ2v) is 5.19. The number of hydrogen-bond acceptors (Lipinski definition) is 1. The summed E-state index contributed by atoms with van der Waals surface area (Å²) < 4.78 is 37.8. The Morgan fingerprint density at radius 1 is 1.16 bits per heavy atom. The largest absolute Gasteiger partial charge is 0.416 e.